The third-order valence-electron chi connectivity index (χ3n) is 4.75. The van der Waals surface area contributed by atoms with Gasteiger partial charge in [-0.15, -0.1) is 0 Å². The Hall–Kier alpha value is -3.65. The highest BCUT2D eigenvalue weighted by molar-refractivity contribution is 7.92. The molecule has 144 valence electrons. The molecule has 0 saturated carbocycles. The van der Waals surface area contributed by atoms with Crippen LogP contribution >= 0.6 is 0 Å². The van der Waals surface area contributed by atoms with Crippen LogP contribution in [0.2, 0.25) is 0 Å². The number of rotatable bonds is 4. The van der Waals surface area contributed by atoms with E-state index in [2.05, 4.69) is 15.0 Å². The van der Waals surface area contributed by atoms with Gasteiger partial charge in [-0.3, -0.25) is 9.52 Å². The van der Waals surface area contributed by atoms with E-state index in [9.17, 15) is 13.2 Å². The lowest BCUT2D eigenvalue weighted by Gasteiger charge is -2.10. The molecule has 1 unspecified atom stereocenters. The van der Waals surface area contributed by atoms with E-state index in [1.165, 1.54) is 12.1 Å². The number of oxazole rings is 1. The van der Waals surface area contributed by atoms with Crippen molar-refractivity contribution in [3.8, 4) is 0 Å². The van der Waals surface area contributed by atoms with Gasteiger partial charge in [0, 0.05) is 11.4 Å². The second kappa shape index (κ2) is 6.46. The van der Waals surface area contributed by atoms with Crippen LogP contribution in [0.25, 0.3) is 11.1 Å². The van der Waals surface area contributed by atoms with Crippen LogP contribution in [0.15, 0.2) is 82.1 Å². The number of anilines is 2. The van der Waals surface area contributed by atoms with Crippen LogP contribution in [-0.2, 0) is 14.8 Å². The molecule has 5 rings (SSSR count). The standard InChI is InChI=1S/C21H15N3O4S/c25-20-19(21-23-17-8-4-5-9-18(17)28-21)15-12-14(10-11-16(15)22-20)29(26,27)24-13-6-2-1-3-7-13/h1-12,19,24H,(H,22,25). The number of carbonyl (C=O) groups is 1. The molecule has 8 heteroatoms. The van der Waals surface area contributed by atoms with E-state index < -0.39 is 15.9 Å². The summed E-state index contributed by atoms with van der Waals surface area (Å²) in [5.41, 5.74) is 2.72. The Morgan fingerprint density at radius 1 is 0.966 bits per heavy atom. The molecule has 4 aromatic rings. The lowest BCUT2D eigenvalue weighted by atomic mass is 10.0. The van der Waals surface area contributed by atoms with Crippen molar-refractivity contribution >= 4 is 38.4 Å². The molecule has 1 aliphatic heterocycles. The van der Waals surface area contributed by atoms with Crippen LogP contribution in [0.1, 0.15) is 17.4 Å². The van der Waals surface area contributed by atoms with Gasteiger partial charge in [0.15, 0.2) is 5.58 Å². The number of amides is 1. The summed E-state index contributed by atoms with van der Waals surface area (Å²) in [5, 5.41) is 2.76. The number of benzene rings is 3. The van der Waals surface area contributed by atoms with Crippen LogP contribution in [0.4, 0.5) is 11.4 Å². The van der Waals surface area contributed by atoms with Crippen molar-refractivity contribution in [1.29, 1.82) is 0 Å². The minimum atomic E-state index is -3.82. The third-order valence-corrected chi connectivity index (χ3v) is 6.13. The number of sulfonamides is 1. The molecule has 0 saturated heterocycles. The van der Waals surface area contributed by atoms with E-state index in [0.29, 0.717) is 28.0 Å². The molecule has 0 spiro atoms. The van der Waals surface area contributed by atoms with Gasteiger partial charge in [-0.25, -0.2) is 13.4 Å². The van der Waals surface area contributed by atoms with E-state index in [-0.39, 0.29) is 16.7 Å². The van der Waals surface area contributed by atoms with Gasteiger partial charge in [-0.2, -0.15) is 0 Å². The fraction of sp³-hybridized carbons (Fsp3) is 0.0476. The molecule has 0 bridgehead atoms. The maximum atomic E-state index is 12.8. The molecule has 1 aromatic heterocycles. The number of carbonyl (C=O) groups excluding carboxylic acids is 1. The first-order valence-electron chi connectivity index (χ1n) is 8.89. The third kappa shape index (κ3) is 3.03. The molecular weight excluding hydrogens is 390 g/mol. The molecule has 0 aliphatic carbocycles. The van der Waals surface area contributed by atoms with E-state index in [4.69, 9.17) is 4.42 Å². The molecule has 1 amide bonds. The Morgan fingerprint density at radius 3 is 2.52 bits per heavy atom. The molecular formula is C21H15N3O4S. The van der Waals surface area contributed by atoms with Gasteiger partial charge in [0.2, 0.25) is 11.8 Å². The molecule has 29 heavy (non-hydrogen) atoms. The molecule has 7 nitrogen and oxygen atoms in total. The fourth-order valence-electron chi connectivity index (χ4n) is 3.39. The van der Waals surface area contributed by atoms with Crippen molar-refractivity contribution in [2.75, 3.05) is 10.0 Å². The fourth-order valence-corrected chi connectivity index (χ4v) is 4.48. The summed E-state index contributed by atoms with van der Waals surface area (Å²) in [5.74, 6) is -0.894. The monoisotopic (exact) mass is 405 g/mol. The number of para-hydroxylation sites is 3. The van der Waals surface area contributed by atoms with Crippen molar-refractivity contribution in [1.82, 2.24) is 4.98 Å². The van der Waals surface area contributed by atoms with Crippen molar-refractivity contribution in [2.24, 2.45) is 0 Å². The number of fused-ring (bicyclic) bond motifs is 2. The quantitative estimate of drug-likeness (QED) is 0.539. The maximum Gasteiger partial charge on any atom is 0.261 e. The predicted octanol–water partition coefficient (Wildman–Crippen LogP) is 3.71. The zero-order valence-electron chi connectivity index (χ0n) is 15.0. The highest BCUT2D eigenvalue weighted by atomic mass is 32.2. The minimum absolute atomic E-state index is 0.0534. The van der Waals surface area contributed by atoms with Crippen molar-refractivity contribution in [3.05, 3.63) is 84.3 Å². The van der Waals surface area contributed by atoms with Gasteiger partial charge in [-0.1, -0.05) is 30.3 Å². The van der Waals surface area contributed by atoms with Crippen molar-refractivity contribution in [3.63, 3.8) is 0 Å². The van der Waals surface area contributed by atoms with Crippen molar-refractivity contribution in [2.45, 2.75) is 10.8 Å². The number of hydrogen-bond acceptors (Lipinski definition) is 5. The summed E-state index contributed by atoms with van der Waals surface area (Å²) in [6.07, 6.45) is 0. The lowest BCUT2D eigenvalue weighted by molar-refractivity contribution is -0.116. The maximum absolute atomic E-state index is 12.8. The largest absolute Gasteiger partial charge is 0.439 e. The second-order valence-corrected chi connectivity index (χ2v) is 8.35. The first kappa shape index (κ1) is 17.4. The van der Waals surface area contributed by atoms with E-state index in [1.54, 1.807) is 48.5 Å². The number of aromatic nitrogens is 1. The summed E-state index contributed by atoms with van der Waals surface area (Å²) in [7, 11) is -3.82. The van der Waals surface area contributed by atoms with Crippen LogP contribution < -0.4 is 10.0 Å². The predicted molar refractivity (Wildman–Crippen MR) is 108 cm³/mol. The van der Waals surface area contributed by atoms with E-state index in [0.717, 1.165) is 0 Å². The summed E-state index contributed by atoms with van der Waals surface area (Å²) < 4.78 is 33.9. The van der Waals surface area contributed by atoms with Gasteiger partial charge in [-0.05, 0) is 48.0 Å². The van der Waals surface area contributed by atoms with Gasteiger partial charge in [0.25, 0.3) is 10.0 Å². The lowest BCUT2D eigenvalue weighted by Crippen LogP contribution is -2.14. The van der Waals surface area contributed by atoms with E-state index >= 15 is 0 Å². The Balaban J connectivity index is 1.56. The number of hydrogen-bond donors (Lipinski definition) is 2. The van der Waals surface area contributed by atoms with Gasteiger partial charge in [0.05, 0.1) is 4.90 Å². The van der Waals surface area contributed by atoms with Crippen LogP contribution in [-0.4, -0.2) is 19.3 Å². The Kier molecular flexibility index (Phi) is 3.88. The molecule has 1 atom stereocenters. The van der Waals surface area contributed by atoms with E-state index in [1.807, 2.05) is 12.1 Å². The topological polar surface area (TPSA) is 101 Å². The Labute approximate surface area is 166 Å². The average Bonchev–Trinajstić information content (AvgIpc) is 3.27. The Bertz CT molecular complexity index is 1310. The second-order valence-electron chi connectivity index (χ2n) is 6.66. The summed E-state index contributed by atoms with van der Waals surface area (Å²) in [4.78, 5) is 17.0. The molecule has 0 radical (unpaired) electrons. The molecule has 0 fully saturated rings. The highest BCUT2D eigenvalue weighted by Gasteiger charge is 2.37. The highest BCUT2D eigenvalue weighted by Crippen LogP contribution is 2.39. The van der Waals surface area contributed by atoms with Gasteiger partial charge < -0.3 is 9.73 Å². The number of nitrogens with zero attached hydrogens (tertiary/aromatic N) is 1. The SMILES string of the molecule is O=C1Nc2ccc(S(=O)(=O)Nc3ccccc3)cc2C1c1nc2ccccc2o1. The molecule has 2 heterocycles. The Morgan fingerprint density at radius 2 is 1.72 bits per heavy atom. The summed E-state index contributed by atoms with van der Waals surface area (Å²) in [6, 6.07) is 20.3. The zero-order chi connectivity index (χ0) is 20.0. The zero-order valence-corrected chi connectivity index (χ0v) is 15.8. The summed E-state index contributed by atoms with van der Waals surface area (Å²) >= 11 is 0. The van der Waals surface area contributed by atoms with Crippen LogP contribution in [0.5, 0.6) is 0 Å². The van der Waals surface area contributed by atoms with Crippen LogP contribution in [0.3, 0.4) is 0 Å². The first-order chi connectivity index (χ1) is 14.0. The molecule has 1 aliphatic rings. The van der Waals surface area contributed by atoms with Crippen molar-refractivity contribution < 1.29 is 17.6 Å². The molecule has 3 aromatic carbocycles. The average molecular weight is 405 g/mol. The summed E-state index contributed by atoms with van der Waals surface area (Å²) in [6.45, 7) is 0. The minimum Gasteiger partial charge on any atom is -0.439 e. The normalized spacial score (nSPS) is 15.9. The van der Waals surface area contributed by atoms with Crippen LogP contribution in [0, 0.1) is 0 Å². The number of nitrogens with one attached hydrogen (secondary N) is 2. The smallest absolute Gasteiger partial charge is 0.261 e. The molecule has 2 N–H and O–H groups in total. The van der Waals surface area contributed by atoms with Gasteiger partial charge in [0.1, 0.15) is 11.4 Å². The van der Waals surface area contributed by atoms with Gasteiger partial charge >= 0.3 is 0 Å². The first-order valence-corrected chi connectivity index (χ1v) is 10.4.